The summed E-state index contributed by atoms with van der Waals surface area (Å²) in [5.41, 5.74) is 12.0. The van der Waals surface area contributed by atoms with Crippen LogP contribution in [0.4, 0.5) is 0 Å². The van der Waals surface area contributed by atoms with Gasteiger partial charge in [0.25, 0.3) is 0 Å². The maximum atomic E-state index is 12.2. The SMILES string of the molecule is N[C@@H](CSSC[C@H](N)C(=O)N1CCCCC1)C(=O)N1CCCCC1. The summed E-state index contributed by atoms with van der Waals surface area (Å²) in [4.78, 5) is 28.2. The summed E-state index contributed by atoms with van der Waals surface area (Å²) < 4.78 is 0. The first-order valence-electron chi connectivity index (χ1n) is 8.92. The van der Waals surface area contributed by atoms with Crippen LogP contribution in [0.2, 0.25) is 0 Å². The number of carbonyl (C=O) groups excluding carboxylic acids is 2. The van der Waals surface area contributed by atoms with Gasteiger partial charge >= 0.3 is 0 Å². The van der Waals surface area contributed by atoms with Crippen molar-refractivity contribution >= 4 is 33.4 Å². The summed E-state index contributed by atoms with van der Waals surface area (Å²) >= 11 is 0. The van der Waals surface area contributed by atoms with Gasteiger partial charge in [-0.2, -0.15) is 0 Å². The molecule has 0 aromatic rings. The molecule has 2 saturated heterocycles. The number of likely N-dealkylation sites (tertiary alicyclic amines) is 2. The Bertz CT molecular complexity index is 375. The van der Waals surface area contributed by atoms with Crippen molar-refractivity contribution in [3.05, 3.63) is 0 Å². The average molecular weight is 375 g/mol. The van der Waals surface area contributed by atoms with Crippen molar-refractivity contribution in [1.82, 2.24) is 9.80 Å². The highest BCUT2D eigenvalue weighted by Gasteiger charge is 2.24. The monoisotopic (exact) mass is 374 g/mol. The van der Waals surface area contributed by atoms with E-state index in [9.17, 15) is 9.59 Å². The van der Waals surface area contributed by atoms with Crippen LogP contribution < -0.4 is 11.5 Å². The van der Waals surface area contributed by atoms with E-state index in [1.165, 1.54) is 34.4 Å². The van der Waals surface area contributed by atoms with Crippen molar-refractivity contribution in [2.45, 2.75) is 50.6 Å². The van der Waals surface area contributed by atoms with Crippen LogP contribution in [0.15, 0.2) is 0 Å². The van der Waals surface area contributed by atoms with Gasteiger partial charge in [-0.05, 0) is 38.5 Å². The van der Waals surface area contributed by atoms with Crippen LogP contribution >= 0.6 is 21.6 Å². The van der Waals surface area contributed by atoms with E-state index in [0.29, 0.717) is 11.5 Å². The summed E-state index contributed by atoms with van der Waals surface area (Å²) in [7, 11) is 3.08. The predicted molar refractivity (Wildman–Crippen MR) is 102 cm³/mol. The Labute approximate surface area is 152 Å². The molecule has 0 bridgehead atoms. The molecule has 0 aromatic carbocycles. The Hall–Kier alpha value is -0.440. The van der Waals surface area contributed by atoms with Crippen molar-refractivity contribution < 1.29 is 9.59 Å². The lowest BCUT2D eigenvalue weighted by molar-refractivity contribution is -0.133. The molecule has 2 aliphatic heterocycles. The van der Waals surface area contributed by atoms with Gasteiger partial charge < -0.3 is 21.3 Å². The lowest BCUT2D eigenvalue weighted by Crippen LogP contribution is -2.47. The minimum Gasteiger partial charge on any atom is -0.341 e. The summed E-state index contributed by atoms with van der Waals surface area (Å²) in [5, 5.41) is 0. The van der Waals surface area contributed by atoms with Crippen LogP contribution in [0.25, 0.3) is 0 Å². The van der Waals surface area contributed by atoms with Crippen LogP contribution in [0, 0.1) is 0 Å². The number of nitrogens with two attached hydrogens (primary N) is 2. The van der Waals surface area contributed by atoms with Crippen LogP contribution in [0.3, 0.4) is 0 Å². The zero-order chi connectivity index (χ0) is 17.4. The van der Waals surface area contributed by atoms with Gasteiger partial charge in [0.2, 0.25) is 11.8 Å². The van der Waals surface area contributed by atoms with Crippen molar-refractivity contribution in [1.29, 1.82) is 0 Å². The fraction of sp³-hybridized carbons (Fsp3) is 0.875. The summed E-state index contributed by atoms with van der Waals surface area (Å²) in [6, 6.07) is -0.927. The van der Waals surface area contributed by atoms with E-state index >= 15 is 0 Å². The number of rotatable bonds is 7. The topological polar surface area (TPSA) is 92.7 Å². The van der Waals surface area contributed by atoms with Gasteiger partial charge in [-0.1, -0.05) is 21.6 Å². The molecule has 138 valence electrons. The number of hydrogen-bond acceptors (Lipinski definition) is 6. The molecule has 2 amide bonds. The van der Waals surface area contributed by atoms with Crippen molar-refractivity contribution in [2.24, 2.45) is 11.5 Å². The average Bonchev–Trinajstić information content (AvgIpc) is 2.65. The molecular formula is C16H30N4O2S2. The third kappa shape index (κ3) is 6.13. The molecule has 0 unspecified atom stereocenters. The third-order valence-corrected chi connectivity index (χ3v) is 7.02. The van der Waals surface area contributed by atoms with E-state index in [1.54, 1.807) is 0 Å². The van der Waals surface area contributed by atoms with Crippen LogP contribution in [-0.2, 0) is 9.59 Å². The molecule has 2 fully saturated rings. The number of piperidine rings is 2. The number of amides is 2. The maximum absolute atomic E-state index is 12.2. The molecule has 24 heavy (non-hydrogen) atoms. The van der Waals surface area contributed by atoms with Crippen molar-refractivity contribution in [2.75, 3.05) is 37.7 Å². The minimum absolute atomic E-state index is 0.0523. The highest BCUT2D eigenvalue weighted by atomic mass is 33.1. The van der Waals surface area contributed by atoms with Crippen molar-refractivity contribution in [3.8, 4) is 0 Å². The Morgan fingerprint density at radius 2 is 1.04 bits per heavy atom. The zero-order valence-electron chi connectivity index (χ0n) is 14.3. The first-order chi connectivity index (χ1) is 11.6. The molecule has 0 spiro atoms. The van der Waals surface area contributed by atoms with E-state index < -0.39 is 12.1 Å². The van der Waals surface area contributed by atoms with Gasteiger partial charge in [0.05, 0.1) is 12.1 Å². The summed E-state index contributed by atoms with van der Waals surface area (Å²) in [5.74, 6) is 1.22. The van der Waals surface area contributed by atoms with Crippen LogP contribution in [0.1, 0.15) is 38.5 Å². The second-order valence-corrected chi connectivity index (χ2v) is 9.11. The zero-order valence-corrected chi connectivity index (χ0v) is 16.0. The second kappa shape index (κ2) is 10.5. The fourth-order valence-corrected chi connectivity index (χ4v) is 5.31. The Morgan fingerprint density at radius 1 is 0.708 bits per heavy atom. The van der Waals surface area contributed by atoms with Gasteiger partial charge in [0.15, 0.2) is 0 Å². The molecule has 0 radical (unpaired) electrons. The molecule has 2 aliphatic rings. The summed E-state index contributed by atoms with van der Waals surface area (Å²) in [6.07, 6.45) is 6.71. The molecule has 6 nitrogen and oxygen atoms in total. The van der Waals surface area contributed by atoms with Gasteiger partial charge in [-0.25, -0.2) is 0 Å². The number of carbonyl (C=O) groups is 2. The number of hydrogen-bond donors (Lipinski definition) is 2. The van der Waals surface area contributed by atoms with E-state index in [4.69, 9.17) is 11.5 Å². The van der Waals surface area contributed by atoms with E-state index in [2.05, 4.69) is 0 Å². The van der Waals surface area contributed by atoms with E-state index in [-0.39, 0.29) is 11.8 Å². The third-order valence-electron chi connectivity index (χ3n) is 4.55. The van der Waals surface area contributed by atoms with E-state index in [0.717, 1.165) is 51.9 Å². The quantitative estimate of drug-likeness (QED) is 0.511. The molecule has 4 N–H and O–H groups in total. The van der Waals surface area contributed by atoms with Crippen molar-refractivity contribution in [3.63, 3.8) is 0 Å². The number of nitrogens with zero attached hydrogens (tertiary/aromatic N) is 2. The van der Waals surface area contributed by atoms with Crippen LogP contribution in [0.5, 0.6) is 0 Å². The molecule has 0 saturated carbocycles. The van der Waals surface area contributed by atoms with Crippen LogP contribution in [-0.4, -0.2) is 71.4 Å². The first-order valence-corrected chi connectivity index (χ1v) is 11.4. The molecule has 0 aromatic heterocycles. The summed E-state index contributed by atoms with van der Waals surface area (Å²) in [6.45, 7) is 3.33. The minimum atomic E-state index is -0.463. The standard InChI is InChI=1S/C16H30N4O2S2/c17-13(15(21)19-7-3-1-4-8-19)11-23-24-12-14(18)16(22)20-9-5-2-6-10-20/h13-14H,1-12,17-18H2/t13-,14-/m0/s1. The Morgan fingerprint density at radius 3 is 1.38 bits per heavy atom. The molecule has 8 heteroatoms. The Kier molecular flexibility index (Phi) is 8.72. The molecule has 2 atom stereocenters. The highest BCUT2D eigenvalue weighted by Crippen LogP contribution is 2.23. The predicted octanol–water partition coefficient (Wildman–Crippen LogP) is 1.05. The second-order valence-electron chi connectivity index (χ2n) is 6.55. The normalized spacial score (nSPS) is 21.4. The fourth-order valence-electron chi connectivity index (χ4n) is 3.08. The highest BCUT2D eigenvalue weighted by molar-refractivity contribution is 8.76. The lowest BCUT2D eigenvalue weighted by Gasteiger charge is -2.29. The lowest BCUT2D eigenvalue weighted by atomic mass is 10.1. The van der Waals surface area contributed by atoms with E-state index in [1.807, 2.05) is 9.80 Å². The molecular weight excluding hydrogens is 344 g/mol. The maximum Gasteiger partial charge on any atom is 0.240 e. The van der Waals surface area contributed by atoms with Gasteiger partial charge in [-0.3, -0.25) is 9.59 Å². The van der Waals surface area contributed by atoms with Gasteiger partial charge in [0, 0.05) is 37.7 Å². The largest absolute Gasteiger partial charge is 0.341 e. The van der Waals surface area contributed by atoms with Gasteiger partial charge in [-0.15, -0.1) is 0 Å². The van der Waals surface area contributed by atoms with Gasteiger partial charge in [0.1, 0.15) is 0 Å². The Balaban J connectivity index is 1.60. The molecule has 2 rings (SSSR count). The molecule has 0 aliphatic carbocycles. The molecule has 2 heterocycles. The first kappa shape index (κ1) is 19.9. The smallest absolute Gasteiger partial charge is 0.240 e.